The van der Waals surface area contributed by atoms with Gasteiger partial charge in [-0.05, 0) is 30.8 Å². The zero-order valence-corrected chi connectivity index (χ0v) is 20.1. The Hall–Kier alpha value is -2.25. The molecular formula is C24H25Cl2N3O2S. The number of nitrogens with one attached hydrogen (secondary N) is 1. The number of piperazine rings is 1. The molecule has 4 rings (SSSR count). The molecular weight excluding hydrogens is 465 g/mol. The third-order valence-electron chi connectivity index (χ3n) is 5.55. The van der Waals surface area contributed by atoms with Crippen LogP contribution >= 0.6 is 23.2 Å². The van der Waals surface area contributed by atoms with Crippen molar-refractivity contribution in [1.82, 2.24) is 4.90 Å². The number of benzene rings is 3. The molecule has 32 heavy (non-hydrogen) atoms. The van der Waals surface area contributed by atoms with Gasteiger partial charge in [-0.3, -0.25) is 4.72 Å². The van der Waals surface area contributed by atoms with E-state index >= 15 is 0 Å². The van der Waals surface area contributed by atoms with Crippen LogP contribution in [0.3, 0.4) is 0 Å². The lowest BCUT2D eigenvalue weighted by atomic mass is 10.0. The third-order valence-corrected chi connectivity index (χ3v) is 7.54. The molecule has 168 valence electrons. The summed E-state index contributed by atoms with van der Waals surface area (Å²) < 4.78 is 28.6. The molecule has 1 fully saturated rings. The molecule has 0 aliphatic carbocycles. The summed E-state index contributed by atoms with van der Waals surface area (Å²) in [6.45, 7) is 3.55. The SMILES string of the molecule is CN1CCN(c2cc(NS(=O)(=O)Cc3ccccc3)c(Cl)c(-c3ccccc3Cl)c2)CC1. The van der Waals surface area contributed by atoms with Crippen molar-refractivity contribution in [2.24, 2.45) is 0 Å². The fourth-order valence-electron chi connectivity index (χ4n) is 3.80. The fourth-order valence-corrected chi connectivity index (χ4v) is 5.55. The van der Waals surface area contributed by atoms with Crippen LogP contribution in [0.2, 0.25) is 10.0 Å². The van der Waals surface area contributed by atoms with E-state index < -0.39 is 10.0 Å². The quantitative estimate of drug-likeness (QED) is 0.506. The molecule has 0 aromatic heterocycles. The molecule has 5 nitrogen and oxygen atoms in total. The maximum Gasteiger partial charge on any atom is 0.236 e. The fraction of sp³-hybridized carbons (Fsp3) is 0.250. The molecule has 1 N–H and O–H groups in total. The molecule has 0 amide bonds. The molecule has 3 aromatic rings. The summed E-state index contributed by atoms with van der Waals surface area (Å²) in [4.78, 5) is 4.51. The van der Waals surface area contributed by atoms with Crippen molar-refractivity contribution in [3.05, 3.63) is 82.3 Å². The first-order valence-electron chi connectivity index (χ1n) is 10.4. The topological polar surface area (TPSA) is 52.6 Å². The average Bonchev–Trinajstić information content (AvgIpc) is 2.76. The maximum atomic E-state index is 13.0. The predicted octanol–water partition coefficient (Wildman–Crippen LogP) is 5.35. The first kappa shape index (κ1) is 22.9. The number of hydrogen-bond acceptors (Lipinski definition) is 4. The molecule has 0 unspecified atom stereocenters. The number of sulfonamides is 1. The van der Waals surface area contributed by atoms with Crippen molar-refractivity contribution in [2.75, 3.05) is 42.8 Å². The molecule has 0 atom stereocenters. The van der Waals surface area contributed by atoms with Gasteiger partial charge < -0.3 is 9.80 Å². The second-order valence-corrected chi connectivity index (χ2v) is 10.5. The lowest BCUT2D eigenvalue weighted by Gasteiger charge is -2.34. The molecule has 0 saturated carbocycles. The Bertz CT molecular complexity index is 1200. The van der Waals surface area contributed by atoms with Gasteiger partial charge in [-0.15, -0.1) is 0 Å². The van der Waals surface area contributed by atoms with Crippen molar-refractivity contribution >= 4 is 44.6 Å². The zero-order valence-electron chi connectivity index (χ0n) is 17.8. The Morgan fingerprint density at radius 3 is 2.22 bits per heavy atom. The average molecular weight is 490 g/mol. The van der Waals surface area contributed by atoms with E-state index in [2.05, 4.69) is 21.6 Å². The van der Waals surface area contributed by atoms with Crippen LogP contribution in [-0.4, -0.2) is 46.5 Å². The van der Waals surface area contributed by atoms with Crippen LogP contribution in [0.25, 0.3) is 11.1 Å². The van der Waals surface area contributed by atoms with Crippen LogP contribution in [-0.2, 0) is 15.8 Å². The van der Waals surface area contributed by atoms with E-state index in [0.717, 1.165) is 37.4 Å². The Morgan fingerprint density at radius 2 is 1.53 bits per heavy atom. The molecule has 1 aliphatic rings. The summed E-state index contributed by atoms with van der Waals surface area (Å²) >= 11 is 13.2. The summed E-state index contributed by atoms with van der Waals surface area (Å²) in [6, 6.07) is 20.3. The molecule has 1 saturated heterocycles. The van der Waals surface area contributed by atoms with E-state index in [1.807, 2.05) is 48.5 Å². The van der Waals surface area contributed by atoms with Crippen molar-refractivity contribution in [3.8, 4) is 11.1 Å². The van der Waals surface area contributed by atoms with Crippen LogP contribution < -0.4 is 9.62 Å². The smallest absolute Gasteiger partial charge is 0.236 e. The van der Waals surface area contributed by atoms with Crippen LogP contribution in [0.5, 0.6) is 0 Å². The Balaban J connectivity index is 1.74. The van der Waals surface area contributed by atoms with Crippen LogP contribution in [0.1, 0.15) is 5.56 Å². The molecule has 0 spiro atoms. The standard InChI is InChI=1S/C24H25Cl2N3O2S/c1-28-11-13-29(14-12-28)19-15-21(20-9-5-6-10-22(20)25)24(26)23(16-19)27-32(30,31)17-18-7-3-2-4-8-18/h2-10,15-16,27H,11-14,17H2,1H3. The van der Waals surface area contributed by atoms with Crippen molar-refractivity contribution < 1.29 is 8.42 Å². The van der Waals surface area contributed by atoms with Gasteiger partial charge in [0.05, 0.1) is 16.5 Å². The van der Waals surface area contributed by atoms with E-state index in [9.17, 15) is 8.42 Å². The molecule has 0 bridgehead atoms. The summed E-state index contributed by atoms with van der Waals surface area (Å²) in [7, 11) is -1.57. The van der Waals surface area contributed by atoms with Gasteiger partial charge in [0.25, 0.3) is 0 Å². The van der Waals surface area contributed by atoms with E-state index in [-0.39, 0.29) is 5.75 Å². The van der Waals surface area contributed by atoms with Gasteiger partial charge in [-0.2, -0.15) is 0 Å². The Kier molecular flexibility index (Phi) is 6.96. The number of hydrogen-bond donors (Lipinski definition) is 1. The second-order valence-electron chi connectivity index (χ2n) is 7.97. The van der Waals surface area contributed by atoms with Gasteiger partial charge in [0, 0.05) is 48.0 Å². The van der Waals surface area contributed by atoms with E-state index in [0.29, 0.717) is 26.9 Å². The first-order chi connectivity index (χ1) is 15.3. The highest BCUT2D eigenvalue weighted by Crippen LogP contribution is 2.41. The molecule has 3 aromatic carbocycles. The number of rotatable bonds is 6. The third kappa shape index (κ3) is 5.38. The molecule has 0 radical (unpaired) electrons. The van der Waals surface area contributed by atoms with Crippen molar-refractivity contribution in [2.45, 2.75) is 5.75 Å². The number of anilines is 2. The number of nitrogens with zero attached hydrogens (tertiary/aromatic N) is 2. The lowest BCUT2D eigenvalue weighted by Crippen LogP contribution is -2.44. The lowest BCUT2D eigenvalue weighted by molar-refractivity contribution is 0.313. The van der Waals surface area contributed by atoms with E-state index in [4.69, 9.17) is 23.2 Å². The minimum atomic E-state index is -3.67. The first-order valence-corrected chi connectivity index (χ1v) is 12.8. The normalized spacial score (nSPS) is 15.0. The van der Waals surface area contributed by atoms with Crippen LogP contribution in [0.15, 0.2) is 66.7 Å². The van der Waals surface area contributed by atoms with Gasteiger partial charge in [-0.1, -0.05) is 71.7 Å². The minimum absolute atomic E-state index is 0.135. The van der Waals surface area contributed by atoms with Gasteiger partial charge in [0.15, 0.2) is 0 Å². The summed E-state index contributed by atoms with van der Waals surface area (Å²) in [5.41, 5.74) is 3.44. The highest BCUT2D eigenvalue weighted by molar-refractivity contribution is 7.91. The summed E-state index contributed by atoms with van der Waals surface area (Å²) in [5, 5.41) is 0.885. The maximum absolute atomic E-state index is 13.0. The van der Waals surface area contributed by atoms with E-state index in [1.54, 1.807) is 18.2 Å². The molecule has 1 heterocycles. The monoisotopic (exact) mass is 489 g/mol. The van der Waals surface area contributed by atoms with Gasteiger partial charge >= 0.3 is 0 Å². The second kappa shape index (κ2) is 9.71. The number of likely N-dealkylation sites (N-methyl/N-ethyl adjacent to an activating group) is 1. The highest BCUT2D eigenvalue weighted by atomic mass is 35.5. The molecule has 8 heteroatoms. The number of halogens is 2. The van der Waals surface area contributed by atoms with Crippen molar-refractivity contribution in [1.29, 1.82) is 0 Å². The van der Waals surface area contributed by atoms with Crippen molar-refractivity contribution in [3.63, 3.8) is 0 Å². The van der Waals surface area contributed by atoms with Gasteiger partial charge in [0.1, 0.15) is 0 Å². The zero-order chi connectivity index (χ0) is 22.7. The Morgan fingerprint density at radius 1 is 0.875 bits per heavy atom. The van der Waals surface area contributed by atoms with Gasteiger partial charge in [0.2, 0.25) is 10.0 Å². The van der Waals surface area contributed by atoms with Crippen LogP contribution in [0.4, 0.5) is 11.4 Å². The van der Waals surface area contributed by atoms with Gasteiger partial charge in [-0.25, -0.2) is 8.42 Å². The predicted molar refractivity (Wildman–Crippen MR) is 134 cm³/mol. The summed E-state index contributed by atoms with van der Waals surface area (Å²) in [5.74, 6) is -0.135. The highest BCUT2D eigenvalue weighted by Gasteiger charge is 2.21. The van der Waals surface area contributed by atoms with Crippen LogP contribution in [0, 0.1) is 0 Å². The summed E-state index contributed by atoms with van der Waals surface area (Å²) in [6.07, 6.45) is 0. The largest absolute Gasteiger partial charge is 0.369 e. The van der Waals surface area contributed by atoms with E-state index in [1.165, 1.54) is 0 Å². The molecule has 1 aliphatic heterocycles. The minimum Gasteiger partial charge on any atom is -0.369 e. The Labute approximate surface area is 199 Å².